The lowest BCUT2D eigenvalue weighted by atomic mass is 10.1. The maximum absolute atomic E-state index is 5.55. The third kappa shape index (κ3) is 2.10. The fraction of sp³-hybridized carbons (Fsp3) is 1.00. The Bertz CT molecular complexity index is 183. The summed E-state index contributed by atoms with van der Waals surface area (Å²) in [6.45, 7) is 4.59. The van der Waals surface area contributed by atoms with Crippen LogP contribution in [-0.2, 0) is 0 Å². The average Bonchev–Trinajstić information content (AvgIpc) is 2.40. The lowest BCUT2D eigenvalue weighted by Gasteiger charge is -2.25. The molecule has 0 aromatic carbocycles. The number of likely N-dealkylation sites (tertiary alicyclic amines) is 1. The van der Waals surface area contributed by atoms with Gasteiger partial charge >= 0.3 is 0 Å². The Balaban J connectivity index is 1.87. The molecule has 2 unspecified atom stereocenters. The molecule has 0 aliphatic carbocycles. The Kier molecular flexibility index (Phi) is 3.42. The Hall–Kier alpha value is -0.120. The topological polar surface area (TPSA) is 32.5 Å². The van der Waals surface area contributed by atoms with Crippen LogP contribution in [0.5, 0.6) is 0 Å². The summed E-state index contributed by atoms with van der Waals surface area (Å²) in [5, 5.41) is 0. The minimum atomic E-state index is 0.820. The van der Waals surface area contributed by atoms with Gasteiger partial charge in [-0.05, 0) is 52.4 Å². The van der Waals surface area contributed by atoms with Crippen molar-refractivity contribution in [2.24, 2.45) is 5.73 Å². The van der Waals surface area contributed by atoms with Gasteiger partial charge in [0.05, 0.1) is 0 Å². The Labute approximate surface area is 87.2 Å². The molecule has 2 N–H and O–H groups in total. The number of nitrogens with two attached hydrogens (primary N) is 1. The minimum absolute atomic E-state index is 0.820. The molecule has 2 aliphatic rings. The summed E-state index contributed by atoms with van der Waals surface area (Å²) >= 11 is 0. The van der Waals surface area contributed by atoms with Crippen LogP contribution in [0, 0.1) is 0 Å². The second kappa shape index (κ2) is 4.60. The molecule has 2 heterocycles. The molecule has 0 aromatic heterocycles. The standard InChI is InChI=1S/C11H23N3/c1-13-10-3-4-11(13)9-14(8-5-10)7-2-6-12/h10-11H,2-9,12H2,1H3. The number of hydrogen-bond donors (Lipinski definition) is 1. The highest BCUT2D eigenvalue weighted by Crippen LogP contribution is 2.28. The van der Waals surface area contributed by atoms with Crippen molar-refractivity contribution < 1.29 is 0 Å². The highest BCUT2D eigenvalue weighted by atomic mass is 15.3. The van der Waals surface area contributed by atoms with Crippen LogP contribution in [0.3, 0.4) is 0 Å². The number of nitrogens with zero attached hydrogens (tertiary/aromatic N) is 2. The Morgan fingerprint density at radius 2 is 2.00 bits per heavy atom. The normalized spacial score (nSPS) is 34.7. The fourth-order valence-corrected chi connectivity index (χ4v) is 2.90. The predicted octanol–water partition coefficient (Wildman–Crippen LogP) is 0.504. The Morgan fingerprint density at radius 1 is 1.21 bits per heavy atom. The molecule has 2 fully saturated rings. The second-order valence-corrected chi connectivity index (χ2v) is 4.78. The third-order valence-corrected chi connectivity index (χ3v) is 3.91. The van der Waals surface area contributed by atoms with Gasteiger partial charge in [0.2, 0.25) is 0 Å². The monoisotopic (exact) mass is 197 g/mol. The quantitative estimate of drug-likeness (QED) is 0.715. The molecular formula is C11H23N3. The van der Waals surface area contributed by atoms with E-state index < -0.39 is 0 Å². The number of likely N-dealkylation sites (N-methyl/N-ethyl adjacent to an activating group) is 1. The van der Waals surface area contributed by atoms with Crippen LogP contribution >= 0.6 is 0 Å². The lowest BCUT2D eigenvalue weighted by molar-refractivity contribution is 0.218. The molecule has 2 rings (SSSR count). The van der Waals surface area contributed by atoms with E-state index in [1.807, 2.05) is 0 Å². The van der Waals surface area contributed by atoms with E-state index in [-0.39, 0.29) is 0 Å². The van der Waals surface area contributed by atoms with Gasteiger partial charge in [-0.2, -0.15) is 0 Å². The van der Waals surface area contributed by atoms with Crippen LogP contribution < -0.4 is 5.73 Å². The van der Waals surface area contributed by atoms with E-state index in [0.717, 1.165) is 25.0 Å². The van der Waals surface area contributed by atoms with E-state index in [2.05, 4.69) is 16.8 Å². The number of hydrogen-bond acceptors (Lipinski definition) is 3. The molecule has 3 heteroatoms. The van der Waals surface area contributed by atoms with Crippen molar-refractivity contribution in [3.63, 3.8) is 0 Å². The summed E-state index contributed by atoms with van der Waals surface area (Å²) in [5.41, 5.74) is 5.55. The van der Waals surface area contributed by atoms with E-state index in [4.69, 9.17) is 5.73 Å². The molecule has 2 bridgehead atoms. The lowest BCUT2D eigenvalue weighted by Crippen LogP contribution is -2.37. The van der Waals surface area contributed by atoms with Crippen LogP contribution in [0.25, 0.3) is 0 Å². The van der Waals surface area contributed by atoms with Gasteiger partial charge in [-0.15, -0.1) is 0 Å². The zero-order chi connectivity index (χ0) is 9.97. The van der Waals surface area contributed by atoms with Crippen molar-refractivity contribution in [3.05, 3.63) is 0 Å². The van der Waals surface area contributed by atoms with Crippen LogP contribution in [0.1, 0.15) is 25.7 Å². The summed E-state index contributed by atoms with van der Waals surface area (Å²) in [6.07, 6.45) is 5.34. The summed E-state index contributed by atoms with van der Waals surface area (Å²) in [5.74, 6) is 0. The van der Waals surface area contributed by atoms with E-state index in [1.54, 1.807) is 0 Å². The average molecular weight is 197 g/mol. The van der Waals surface area contributed by atoms with Gasteiger partial charge in [0.15, 0.2) is 0 Å². The summed E-state index contributed by atoms with van der Waals surface area (Å²) in [6, 6.07) is 1.68. The van der Waals surface area contributed by atoms with Gasteiger partial charge in [-0.25, -0.2) is 0 Å². The van der Waals surface area contributed by atoms with E-state index in [1.165, 1.54) is 38.9 Å². The molecule has 2 atom stereocenters. The maximum Gasteiger partial charge on any atom is 0.0223 e. The Morgan fingerprint density at radius 3 is 2.79 bits per heavy atom. The minimum Gasteiger partial charge on any atom is -0.330 e. The van der Waals surface area contributed by atoms with Crippen molar-refractivity contribution in [3.8, 4) is 0 Å². The molecule has 0 radical (unpaired) electrons. The van der Waals surface area contributed by atoms with Gasteiger partial charge in [-0.1, -0.05) is 0 Å². The first kappa shape index (κ1) is 10.4. The smallest absolute Gasteiger partial charge is 0.0223 e. The van der Waals surface area contributed by atoms with Crippen LogP contribution in [0.4, 0.5) is 0 Å². The molecule has 3 nitrogen and oxygen atoms in total. The van der Waals surface area contributed by atoms with E-state index in [0.29, 0.717) is 0 Å². The molecule has 82 valence electrons. The van der Waals surface area contributed by atoms with Crippen molar-refractivity contribution >= 4 is 0 Å². The van der Waals surface area contributed by atoms with Crippen LogP contribution in [0.15, 0.2) is 0 Å². The molecule has 0 spiro atoms. The zero-order valence-electron chi connectivity index (χ0n) is 9.28. The van der Waals surface area contributed by atoms with E-state index in [9.17, 15) is 0 Å². The van der Waals surface area contributed by atoms with Gasteiger partial charge < -0.3 is 10.6 Å². The summed E-state index contributed by atoms with van der Waals surface area (Å²) in [7, 11) is 2.30. The first-order chi connectivity index (χ1) is 6.81. The molecule has 0 saturated carbocycles. The van der Waals surface area contributed by atoms with Gasteiger partial charge in [0.1, 0.15) is 0 Å². The van der Waals surface area contributed by atoms with Crippen LogP contribution in [0.2, 0.25) is 0 Å². The highest BCUT2D eigenvalue weighted by Gasteiger charge is 2.34. The number of rotatable bonds is 3. The predicted molar refractivity (Wildman–Crippen MR) is 59.3 cm³/mol. The third-order valence-electron chi connectivity index (χ3n) is 3.91. The highest BCUT2D eigenvalue weighted by molar-refractivity contribution is 4.90. The molecule has 0 amide bonds. The van der Waals surface area contributed by atoms with Crippen molar-refractivity contribution in [2.45, 2.75) is 37.8 Å². The maximum atomic E-state index is 5.55. The zero-order valence-corrected chi connectivity index (χ0v) is 9.28. The molecule has 2 aliphatic heterocycles. The molecule has 14 heavy (non-hydrogen) atoms. The van der Waals surface area contributed by atoms with Crippen molar-refractivity contribution in [2.75, 3.05) is 33.2 Å². The first-order valence-corrected chi connectivity index (χ1v) is 5.95. The fourth-order valence-electron chi connectivity index (χ4n) is 2.90. The summed E-state index contributed by atoms with van der Waals surface area (Å²) < 4.78 is 0. The summed E-state index contributed by atoms with van der Waals surface area (Å²) in [4.78, 5) is 5.20. The van der Waals surface area contributed by atoms with E-state index >= 15 is 0 Å². The van der Waals surface area contributed by atoms with Gasteiger partial charge in [0, 0.05) is 18.6 Å². The number of fused-ring (bicyclic) bond motifs is 2. The van der Waals surface area contributed by atoms with Gasteiger partial charge in [-0.3, -0.25) is 4.90 Å². The molecular weight excluding hydrogens is 174 g/mol. The molecule has 2 saturated heterocycles. The van der Waals surface area contributed by atoms with Crippen molar-refractivity contribution in [1.29, 1.82) is 0 Å². The molecule has 0 aromatic rings. The van der Waals surface area contributed by atoms with Crippen molar-refractivity contribution in [1.82, 2.24) is 9.80 Å². The largest absolute Gasteiger partial charge is 0.330 e. The first-order valence-electron chi connectivity index (χ1n) is 5.95. The van der Waals surface area contributed by atoms with Crippen LogP contribution in [-0.4, -0.2) is 55.1 Å². The second-order valence-electron chi connectivity index (χ2n) is 4.78. The van der Waals surface area contributed by atoms with Gasteiger partial charge in [0.25, 0.3) is 0 Å². The SMILES string of the molecule is CN1C2CCC1CN(CCCN)CC2.